The third-order valence-corrected chi connectivity index (χ3v) is 4.74. The molecule has 0 aromatic heterocycles. The van der Waals surface area contributed by atoms with Crippen LogP contribution < -0.4 is 0 Å². The molecule has 1 aromatic rings. The smallest absolute Gasteiger partial charge is 0.203 e. The third-order valence-electron chi connectivity index (χ3n) is 4.74. The molecule has 0 spiro atoms. The highest BCUT2D eigenvalue weighted by Crippen LogP contribution is 2.65. The molecule has 1 aromatic carbocycles. The van der Waals surface area contributed by atoms with E-state index in [1.807, 2.05) is 0 Å². The van der Waals surface area contributed by atoms with E-state index in [0.717, 1.165) is 0 Å². The summed E-state index contributed by atoms with van der Waals surface area (Å²) >= 11 is 0. The molecule has 1 rings (SSSR count). The van der Waals surface area contributed by atoms with E-state index >= 15 is 0 Å². The van der Waals surface area contributed by atoms with Gasteiger partial charge < -0.3 is 0 Å². The highest BCUT2D eigenvalue weighted by Gasteiger charge is 2.95. The van der Waals surface area contributed by atoms with Gasteiger partial charge in [0.15, 0.2) is 23.3 Å². The zero-order valence-electron chi connectivity index (χ0n) is 16.6. The molecule has 0 nitrogen and oxygen atoms in total. The van der Waals surface area contributed by atoms with E-state index in [4.69, 9.17) is 0 Å². The van der Waals surface area contributed by atoms with Gasteiger partial charge in [-0.05, 0) is 6.42 Å². The summed E-state index contributed by atoms with van der Waals surface area (Å²) in [6, 6.07) is 0. The fraction of sp³-hybridized carbons (Fsp3) is 0.625. The second-order valence-corrected chi connectivity index (χ2v) is 6.98. The molecule has 0 heterocycles. The molecule has 0 unspecified atom stereocenters. The van der Waals surface area contributed by atoms with Gasteiger partial charge in [0.25, 0.3) is 0 Å². The Hall–Kier alpha value is -2.25. The maximum Gasteiger partial charge on any atom is 0.460 e. The van der Waals surface area contributed by atoms with Gasteiger partial charge in [-0.25, -0.2) is 17.6 Å². The van der Waals surface area contributed by atoms with Gasteiger partial charge in [0.05, 0.1) is 0 Å². The van der Waals surface area contributed by atoms with Crippen molar-refractivity contribution in [2.75, 3.05) is 0 Å². The Bertz CT molecular complexity index is 1000. The first-order valence-corrected chi connectivity index (χ1v) is 8.53. The van der Waals surface area contributed by atoms with Crippen molar-refractivity contribution in [1.29, 1.82) is 0 Å². The first-order valence-electron chi connectivity index (χ1n) is 8.53. The van der Waals surface area contributed by atoms with Crippen molar-refractivity contribution in [3.8, 4) is 0 Å². The Morgan fingerprint density at radius 1 is 0.405 bits per heavy atom. The zero-order chi connectivity index (χ0) is 30.2. The maximum absolute atomic E-state index is 14.0. The van der Waals surface area contributed by atoms with Crippen LogP contribution >= 0.6 is 0 Å². The van der Waals surface area contributed by atoms with Crippen LogP contribution in [0.25, 0.3) is 0 Å². The topological polar surface area (TPSA) is 0 Å². The number of alkyl halides is 17. The highest BCUT2D eigenvalue weighted by atomic mass is 19.4. The Morgan fingerprint density at radius 3 is 0.946 bits per heavy atom. The lowest BCUT2D eigenvalue weighted by molar-refractivity contribution is -0.463. The van der Waals surface area contributed by atoms with E-state index in [0.29, 0.717) is 6.92 Å². The number of halogens is 21. The van der Waals surface area contributed by atoms with Crippen molar-refractivity contribution in [3.63, 3.8) is 0 Å². The molecular formula is C16H5F21. The van der Waals surface area contributed by atoms with E-state index < -0.39 is 88.5 Å². The van der Waals surface area contributed by atoms with Crippen molar-refractivity contribution in [2.24, 2.45) is 0 Å². The lowest BCUT2D eigenvalue weighted by Gasteiger charge is -2.42. The third kappa shape index (κ3) is 3.95. The molecule has 0 aliphatic heterocycles. The Labute approximate surface area is 189 Å². The minimum absolute atomic E-state index is 0.639. The summed E-state index contributed by atoms with van der Waals surface area (Å²) in [6.45, 7) is 0.639. The zero-order valence-corrected chi connectivity index (χ0v) is 16.6. The van der Waals surface area contributed by atoms with Crippen LogP contribution in [0.15, 0.2) is 0 Å². The van der Waals surface area contributed by atoms with E-state index in [9.17, 15) is 92.2 Å². The minimum atomic E-state index is -9.02. The highest BCUT2D eigenvalue weighted by molar-refractivity contribution is 5.35. The van der Waals surface area contributed by atoms with Crippen molar-refractivity contribution in [3.05, 3.63) is 34.4 Å². The van der Waals surface area contributed by atoms with Crippen molar-refractivity contribution in [2.45, 2.75) is 61.0 Å². The van der Waals surface area contributed by atoms with Gasteiger partial charge in [0.2, 0.25) is 0 Å². The summed E-state index contributed by atoms with van der Waals surface area (Å²) in [5, 5.41) is 0. The molecule has 0 atom stereocenters. The molecule has 0 N–H and O–H groups in total. The largest absolute Gasteiger partial charge is 0.460 e. The summed E-state index contributed by atoms with van der Waals surface area (Å²) in [5.41, 5.74) is -6.04. The average molecular weight is 596 g/mol. The van der Waals surface area contributed by atoms with Crippen LogP contribution in [0.1, 0.15) is 18.1 Å². The van der Waals surface area contributed by atoms with E-state index in [1.54, 1.807) is 0 Å². The predicted molar refractivity (Wildman–Crippen MR) is 75.3 cm³/mol. The molecule has 0 amide bonds. The average Bonchev–Trinajstić information content (AvgIpc) is 2.71. The van der Waals surface area contributed by atoms with Gasteiger partial charge in [0, 0.05) is 5.56 Å². The first-order chi connectivity index (χ1) is 16.0. The molecule has 0 aliphatic rings. The lowest BCUT2D eigenvalue weighted by atomic mass is 9.86. The molecule has 0 aliphatic carbocycles. The van der Waals surface area contributed by atoms with Crippen molar-refractivity contribution >= 4 is 0 Å². The van der Waals surface area contributed by atoms with Gasteiger partial charge in [0.1, 0.15) is 5.56 Å². The molecule has 21 heteroatoms. The predicted octanol–water partition coefficient (Wildman–Crippen LogP) is 8.27. The summed E-state index contributed by atoms with van der Waals surface area (Å²) in [6.07, 6.45) is -9.13. The van der Waals surface area contributed by atoms with Crippen LogP contribution in [0, 0.1) is 23.3 Å². The van der Waals surface area contributed by atoms with Crippen LogP contribution in [-0.4, -0.2) is 41.7 Å². The van der Waals surface area contributed by atoms with Crippen LogP contribution in [-0.2, 0) is 12.3 Å². The molecule has 0 saturated carbocycles. The van der Waals surface area contributed by atoms with Crippen LogP contribution in [0.4, 0.5) is 92.2 Å². The summed E-state index contributed by atoms with van der Waals surface area (Å²) in [4.78, 5) is 0. The van der Waals surface area contributed by atoms with Crippen LogP contribution in [0.5, 0.6) is 0 Å². The normalized spacial score (nSPS) is 15.4. The second-order valence-electron chi connectivity index (χ2n) is 6.98. The fourth-order valence-corrected chi connectivity index (χ4v) is 2.58. The number of rotatable bonds is 8. The molecule has 37 heavy (non-hydrogen) atoms. The molecule has 0 saturated heterocycles. The minimum Gasteiger partial charge on any atom is -0.203 e. The van der Waals surface area contributed by atoms with Crippen LogP contribution in [0.3, 0.4) is 0 Å². The lowest BCUT2D eigenvalue weighted by Crippen LogP contribution is -2.74. The number of hydrogen-bond acceptors (Lipinski definition) is 0. The quantitative estimate of drug-likeness (QED) is 0.210. The summed E-state index contributed by atoms with van der Waals surface area (Å²) in [5.74, 6) is -73.8. The fourth-order valence-electron chi connectivity index (χ4n) is 2.58. The summed E-state index contributed by atoms with van der Waals surface area (Å²) < 4.78 is 280. The Morgan fingerprint density at radius 2 is 0.676 bits per heavy atom. The maximum atomic E-state index is 14.0. The monoisotopic (exact) mass is 596 g/mol. The summed E-state index contributed by atoms with van der Waals surface area (Å²) in [7, 11) is 0. The molecular weight excluding hydrogens is 591 g/mol. The molecule has 216 valence electrons. The standard InChI is InChI=1S/C16H5F21/c1-2-3-5(17)7(19)4(8(20)6(3)18)9(21,22)10(23,24)11(25,26)12(27,28)13(29,30)14(31,32)15(33,34)16(35,36)37/h2H2,1H3. The van der Waals surface area contributed by atoms with Gasteiger partial charge in [-0.2, -0.15) is 74.6 Å². The SMILES string of the molecule is CCc1c(F)c(F)c(C(F)(F)C(F)(F)C(F)(F)C(F)(F)C(F)(F)C(F)(F)C(F)(F)C(F)(F)F)c(F)c1F. The van der Waals surface area contributed by atoms with Gasteiger partial charge >= 0.3 is 47.6 Å². The van der Waals surface area contributed by atoms with Crippen LogP contribution in [0.2, 0.25) is 0 Å². The second kappa shape index (κ2) is 8.63. The van der Waals surface area contributed by atoms with E-state index in [1.165, 1.54) is 0 Å². The van der Waals surface area contributed by atoms with Gasteiger partial charge in [-0.3, -0.25) is 0 Å². The van der Waals surface area contributed by atoms with Crippen molar-refractivity contribution in [1.82, 2.24) is 0 Å². The molecule has 0 bridgehead atoms. The Kier molecular flexibility index (Phi) is 7.65. The van der Waals surface area contributed by atoms with E-state index in [-0.39, 0.29) is 0 Å². The number of benzene rings is 1. The Balaban J connectivity index is 3.96. The molecule has 0 radical (unpaired) electrons. The van der Waals surface area contributed by atoms with Gasteiger partial charge in [-0.15, -0.1) is 0 Å². The van der Waals surface area contributed by atoms with Gasteiger partial charge in [-0.1, -0.05) is 6.92 Å². The van der Waals surface area contributed by atoms with E-state index in [2.05, 4.69) is 0 Å². The van der Waals surface area contributed by atoms with Crippen molar-refractivity contribution < 1.29 is 92.2 Å². The first kappa shape index (κ1) is 32.8. The molecule has 0 fully saturated rings. The number of hydrogen-bond donors (Lipinski definition) is 0.